The van der Waals surface area contributed by atoms with E-state index in [1.54, 1.807) is 37.5 Å². The van der Waals surface area contributed by atoms with Gasteiger partial charge in [-0.25, -0.2) is 8.42 Å². The quantitative estimate of drug-likeness (QED) is 0.792. The normalized spacial score (nSPS) is 19.8. The van der Waals surface area contributed by atoms with Gasteiger partial charge in [-0.3, -0.25) is 9.48 Å². The van der Waals surface area contributed by atoms with Gasteiger partial charge >= 0.3 is 0 Å². The highest BCUT2D eigenvalue weighted by Crippen LogP contribution is 2.34. The fourth-order valence-corrected chi connectivity index (χ4v) is 5.32. The van der Waals surface area contributed by atoms with Crippen molar-refractivity contribution in [3.05, 3.63) is 46.6 Å². The Morgan fingerprint density at radius 1 is 1.31 bits per heavy atom. The number of carbonyl (C=O) groups excluding carboxylic acids is 1. The topological polar surface area (TPSA) is 81.5 Å². The van der Waals surface area contributed by atoms with Crippen molar-refractivity contribution >= 4 is 27.3 Å². The number of hydrogen-bond acceptors (Lipinski definition) is 5. The van der Waals surface area contributed by atoms with Crippen molar-refractivity contribution in [3.63, 3.8) is 0 Å². The monoisotopic (exact) mass is 397 g/mol. The van der Waals surface area contributed by atoms with Crippen LogP contribution in [0.15, 0.2) is 30.5 Å². The molecule has 0 N–H and O–H groups in total. The van der Waals surface area contributed by atoms with E-state index >= 15 is 0 Å². The number of sulfone groups is 1. The average Bonchev–Trinajstić information content (AvgIpc) is 2.91. The number of hydrogen-bond donors (Lipinski definition) is 0. The van der Waals surface area contributed by atoms with Gasteiger partial charge in [0.2, 0.25) is 5.88 Å². The van der Waals surface area contributed by atoms with Gasteiger partial charge in [0.15, 0.2) is 9.84 Å². The number of aryl methyl sites for hydroxylation is 1. The Bertz CT molecular complexity index is 926. The molecule has 1 aromatic heterocycles. The third kappa shape index (κ3) is 3.57. The molecule has 1 unspecified atom stereocenters. The van der Waals surface area contributed by atoms with E-state index in [1.807, 2.05) is 0 Å². The third-order valence-corrected chi connectivity index (χ3v) is 6.95. The molecule has 1 aliphatic rings. The summed E-state index contributed by atoms with van der Waals surface area (Å²) in [6.45, 7) is 0.437. The standard InChI is InChI=1S/C17H20ClN3O4S/c1-20-11-13(16(19-20)25-2)17(22)21-8-7-15(26(23,24)10-9-21)12-5-3-4-6-14(12)18/h3-6,11,15H,7-10H2,1-2H3. The number of methoxy groups -OCH3 is 1. The Labute approximate surface area is 157 Å². The van der Waals surface area contributed by atoms with E-state index in [0.717, 1.165) is 0 Å². The number of benzene rings is 1. The number of nitrogens with zero attached hydrogens (tertiary/aromatic N) is 3. The number of aromatic nitrogens is 2. The highest BCUT2D eigenvalue weighted by molar-refractivity contribution is 7.91. The van der Waals surface area contributed by atoms with Gasteiger partial charge in [0.05, 0.1) is 18.1 Å². The molecular formula is C17H20ClN3O4S. The van der Waals surface area contributed by atoms with E-state index in [0.29, 0.717) is 29.1 Å². The number of amides is 1. The molecular weight excluding hydrogens is 378 g/mol. The molecule has 2 aromatic rings. The van der Waals surface area contributed by atoms with E-state index in [9.17, 15) is 13.2 Å². The summed E-state index contributed by atoms with van der Waals surface area (Å²) in [5.74, 6) is -0.172. The summed E-state index contributed by atoms with van der Waals surface area (Å²) >= 11 is 6.20. The zero-order valence-corrected chi connectivity index (χ0v) is 16.1. The first-order chi connectivity index (χ1) is 12.3. The van der Waals surface area contributed by atoms with Crippen molar-refractivity contribution < 1.29 is 17.9 Å². The highest BCUT2D eigenvalue weighted by atomic mass is 35.5. The molecule has 0 aliphatic carbocycles. The second kappa shape index (κ2) is 7.28. The van der Waals surface area contributed by atoms with Crippen LogP contribution in [0, 0.1) is 0 Å². The third-order valence-electron chi connectivity index (χ3n) is 4.50. The van der Waals surface area contributed by atoms with Gasteiger partial charge in [0.25, 0.3) is 5.91 Å². The van der Waals surface area contributed by atoms with Crippen LogP contribution in [0.4, 0.5) is 0 Å². The van der Waals surface area contributed by atoms with E-state index in [1.165, 1.54) is 16.7 Å². The summed E-state index contributed by atoms with van der Waals surface area (Å²) in [6.07, 6.45) is 1.87. The first kappa shape index (κ1) is 18.7. The smallest absolute Gasteiger partial charge is 0.261 e. The fraction of sp³-hybridized carbons (Fsp3) is 0.412. The van der Waals surface area contributed by atoms with Crippen LogP contribution in [0.3, 0.4) is 0 Å². The second-order valence-corrected chi connectivity index (χ2v) is 8.89. The van der Waals surface area contributed by atoms with E-state index < -0.39 is 15.1 Å². The van der Waals surface area contributed by atoms with Gasteiger partial charge in [-0.05, 0) is 18.1 Å². The molecule has 0 saturated carbocycles. The maximum Gasteiger partial charge on any atom is 0.261 e. The van der Waals surface area contributed by atoms with Gasteiger partial charge in [-0.1, -0.05) is 29.8 Å². The number of rotatable bonds is 3. The van der Waals surface area contributed by atoms with Crippen LogP contribution in [-0.4, -0.2) is 55.0 Å². The molecule has 3 rings (SSSR count). The molecule has 0 bridgehead atoms. The predicted molar refractivity (Wildman–Crippen MR) is 98.3 cm³/mol. The molecule has 1 aromatic carbocycles. The Balaban J connectivity index is 1.87. The summed E-state index contributed by atoms with van der Waals surface area (Å²) in [6, 6.07) is 6.94. The fourth-order valence-electron chi connectivity index (χ4n) is 3.17. The number of carbonyl (C=O) groups is 1. The summed E-state index contributed by atoms with van der Waals surface area (Å²) in [5.41, 5.74) is 0.908. The van der Waals surface area contributed by atoms with Gasteiger partial charge < -0.3 is 9.64 Å². The molecule has 1 atom stereocenters. The SMILES string of the molecule is COc1nn(C)cc1C(=O)N1CCC(c2ccccc2Cl)S(=O)(=O)CC1. The molecule has 2 heterocycles. The van der Waals surface area contributed by atoms with Crippen molar-refractivity contribution in [2.75, 3.05) is 26.0 Å². The molecule has 140 valence electrons. The molecule has 26 heavy (non-hydrogen) atoms. The van der Waals surface area contributed by atoms with Crippen LogP contribution in [-0.2, 0) is 16.9 Å². The van der Waals surface area contributed by atoms with Crippen LogP contribution < -0.4 is 4.74 Å². The molecule has 7 nitrogen and oxygen atoms in total. The van der Waals surface area contributed by atoms with Crippen molar-refractivity contribution in [1.82, 2.24) is 14.7 Å². The van der Waals surface area contributed by atoms with Gasteiger partial charge in [0.1, 0.15) is 5.56 Å². The van der Waals surface area contributed by atoms with Crippen LogP contribution in [0.5, 0.6) is 5.88 Å². The molecule has 0 spiro atoms. The van der Waals surface area contributed by atoms with E-state index in [-0.39, 0.29) is 24.1 Å². The highest BCUT2D eigenvalue weighted by Gasteiger charge is 2.34. The first-order valence-electron chi connectivity index (χ1n) is 8.16. The molecule has 1 amide bonds. The first-order valence-corrected chi connectivity index (χ1v) is 10.3. The van der Waals surface area contributed by atoms with Crippen molar-refractivity contribution in [2.45, 2.75) is 11.7 Å². The van der Waals surface area contributed by atoms with E-state index in [2.05, 4.69) is 5.10 Å². The lowest BCUT2D eigenvalue weighted by molar-refractivity contribution is 0.0763. The Kier molecular flexibility index (Phi) is 5.24. The predicted octanol–water partition coefficient (Wildman–Crippen LogP) is 2.08. The minimum atomic E-state index is -3.43. The molecule has 1 fully saturated rings. The van der Waals surface area contributed by atoms with Crippen LogP contribution >= 0.6 is 11.6 Å². The maximum atomic E-state index is 12.8. The van der Waals surface area contributed by atoms with Crippen LogP contribution in [0.2, 0.25) is 5.02 Å². The molecule has 0 radical (unpaired) electrons. The molecule has 9 heteroatoms. The lowest BCUT2D eigenvalue weighted by Crippen LogP contribution is -2.33. The lowest BCUT2D eigenvalue weighted by Gasteiger charge is -2.19. The second-order valence-electron chi connectivity index (χ2n) is 6.18. The van der Waals surface area contributed by atoms with Crippen LogP contribution in [0.25, 0.3) is 0 Å². The summed E-state index contributed by atoms with van der Waals surface area (Å²) < 4.78 is 32.1. The summed E-state index contributed by atoms with van der Waals surface area (Å²) in [7, 11) is -0.287. The molecule has 1 saturated heterocycles. The number of halogens is 1. The largest absolute Gasteiger partial charge is 0.479 e. The van der Waals surface area contributed by atoms with E-state index in [4.69, 9.17) is 16.3 Å². The summed E-state index contributed by atoms with van der Waals surface area (Å²) in [4.78, 5) is 14.4. The van der Waals surface area contributed by atoms with Crippen LogP contribution in [0.1, 0.15) is 27.6 Å². The van der Waals surface area contributed by atoms with Gasteiger partial charge in [-0.15, -0.1) is 5.10 Å². The zero-order chi connectivity index (χ0) is 18.9. The Morgan fingerprint density at radius 3 is 2.73 bits per heavy atom. The van der Waals surface area contributed by atoms with Crippen molar-refractivity contribution in [2.24, 2.45) is 7.05 Å². The Hall–Kier alpha value is -2.06. The van der Waals surface area contributed by atoms with Crippen molar-refractivity contribution in [1.29, 1.82) is 0 Å². The average molecular weight is 398 g/mol. The van der Waals surface area contributed by atoms with Gasteiger partial charge in [-0.2, -0.15) is 0 Å². The lowest BCUT2D eigenvalue weighted by atomic mass is 10.1. The molecule has 1 aliphatic heterocycles. The maximum absolute atomic E-state index is 12.8. The summed E-state index contributed by atoms with van der Waals surface area (Å²) in [5, 5.41) is 3.79. The zero-order valence-electron chi connectivity index (χ0n) is 14.6. The minimum absolute atomic E-state index is 0.114. The van der Waals surface area contributed by atoms with Crippen molar-refractivity contribution in [3.8, 4) is 5.88 Å². The number of ether oxygens (including phenoxy) is 1. The van der Waals surface area contributed by atoms with Gasteiger partial charge in [0, 0.05) is 31.4 Å². The Morgan fingerprint density at radius 2 is 2.04 bits per heavy atom. The minimum Gasteiger partial charge on any atom is -0.479 e.